The minimum atomic E-state index is 0.616. The molecule has 3 nitrogen and oxygen atoms in total. The molecule has 3 heteroatoms. The standard InChI is InChI=1S/C16H31N3/c1-4-6-7-8-9-10-16(17-11-5-2)12-15-13-18-19(3)14-15/h13-14,16-17H,4-12H2,1-3H3. The monoisotopic (exact) mass is 265 g/mol. The molecule has 1 atom stereocenters. The zero-order valence-corrected chi connectivity index (χ0v) is 13.0. The number of hydrogen-bond donors (Lipinski definition) is 1. The lowest BCUT2D eigenvalue weighted by Crippen LogP contribution is -2.31. The average molecular weight is 265 g/mol. The van der Waals surface area contributed by atoms with Crippen LogP contribution in [0.2, 0.25) is 0 Å². The van der Waals surface area contributed by atoms with Crippen molar-refractivity contribution in [1.82, 2.24) is 15.1 Å². The highest BCUT2D eigenvalue weighted by Crippen LogP contribution is 2.11. The lowest BCUT2D eigenvalue weighted by Gasteiger charge is -2.17. The molecular weight excluding hydrogens is 234 g/mol. The van der Waals surface area contributed by atoms with E-state index in [9.17, 15) is 0 Å². The van der Waals surface area contributed by atoms with E-state index in [1.165, 1.54) is 50.5 Å². The summed E-state index contributed by atoms with van der Waals surface area (Å²) in [5, 5.41) is 7.94. The molecular formula is C16H31N3. The molecule has 0 bridgehead atoms. The van der Waals surface area contributed by atoms with Crippen LogP contribution in [0, 0.1) is 0 Å². The Bertz CT molecular complexity index is 320. The Morgan fingerprint density at radius 1 is 1.16 bits per heavy atom. The Kier molecular flexibility index (Phi) is 8.55. The summed E-state index contributed by atoms with van der Waals surface area (Å²) in [5.41, 5.74) is 1.35. The fourth-order valence-electron chi connectivity index (χ4n) is 2.48. The van der Waals surface area contributed by atoms with Crippen molar-refractivity contribution in [3.63, 3.8) is 0 Å². The maximum absolute atomic E-state index is 4.26. The molecule has 0 saturated heterocycles. The topological polar surface area (TPSA) is 29.9 Å². The maximum Gasteiger partial charge on any atom is 0.0522 e. The molecule has 0 saturated carbocycles. The summed E-state index contributed by atoms with van der Waals surface area (Å²) in [7, 11) is 1.99. The molecule has 0 aliphatic heterocycles. The van der Waals surface area contributed by atoms with Gasteiger partial charge in [0.25, 0.3) is 0 Å². The summed E-state index contributed by atoms with van der Waals surface area (Å²) in [6, 6.07) is 0.616. The molecule has 0 aliphatic carbocycles. The number of hydrogen-bond acceptors (Lipinski definition) is 2. The van der Waals surface area contributed by atoms with Crippen LogP contribution in [0.3, 0.4) is 0 Å². The van der Waals surface area contributed by atoms with Gasteiger partial charge >= 0.3 is 0 Å². The summed E-state index contributed by atoms with van der Waals surface area (Å²) >= 11 is 0. The quantitative estimate of drug-likeness (QED) is 0.618. The van der Waals surface area contributed by atoms with Gasteiger partial charge in [-0.1, -0.05) is 46.0 Å². The predicted octanol–water partition coefficient (Wildman–Crippen LogP) is 3.69. The molecule has 19 heavy (non-hydrogen) atoms. The highest BCUT2D eigenvalue weighted by Gasteiger charge is 2.09. The van der Waals surface area contributed by atoms with Crippen LogP contribution < -0.4 is 5.32 Å². The molecule has 110 valence electrons. The van der Waals surface area contributed by atoms with Crippen LogP contribution in [-0.2, 0) is 13.5 Å². The molecule has 0 aromatic carbocycles. The smallest absolute Gasteiger partial charge is 0.0522 e. The third kappa shape index (κ3) is 7.36. The van der Waals surface area contributed by atoms with Gasteiger partial charge in [0.1, 0.15) is 0 Å². The lowest BCUT2D eigenvalue weighted by molar-refractivity contribution is 0.451. The number of aromatic nitrogens is 2. The minimum absolute atomic E-state index is 0.616. The van der Waals surface area contributed by atoms with E-state index >= 15 is 0 Å². The van der Waals surface area contributed by atoms with E-state index < -0.39 is 0 Å². The van der Waals surface area contributed by atoms with Gasteiger partial charge < -0.3 is 5.32 Å². The molecule has 1 heterocycles. The van der Waals surface area contributed by atoms with Gasteiger partial charge in [-0.05, 0) is 31.4 Å². The van der Waals surface area contributed by atoms with Crippen molar-refractivity contribution >= 4 is 0 Å². The molecule has 0 fully saturated rings. The summed E-state index contributed by atoms with van der Waals surface area (Å²) in [4.78, 5) is 0. The molecule has 0 amide bonds. The van der Waals surface area contributed by atoms with Crippen molar-refractivity contribution in [2.75, 3.05) is 6.54 Å². The number of rotatable bonds is 11. The fourth-order valence-corrected chi connectivity index (χ4v) is 2.48. The van der Waals surface area contributed by atoms with Gasteiger partial charge in [0, 0.05) is 19.3 Å². The fraction of sp³-hybridized carbons (Fsp3) is 0.812. The zero-order valence-electron chi connectivity index (χ0n) is 13.0. The number of aryl methyl sites for hydroxylation is 1. The predicted molar refractivity (Wildman–Crippen MR) is 82.4 cm³/mol. The maximum atomic E-state index is 4.26. The normalized spacial score (nSPS) is 12.8. The first-order chi connectivity index (χ1) is 9.26. The lowest BCUT2D eigenvalue weighted by atomic mass is 10.0. The zero-order chi connectivity index (χ0) is 13.9. The van der Waals surface area contributed by atoms with Gasteiger partial charge in [-0.3, -0.25) is 4.68 Å². The van der Waals surface area contributed by atoms with Crippen molar-refractivity contribution in [2.24, 2.45) is 7.05 Å². The van der Waals surface area contributed by atoms with Crippen LogP contribution in [0.15, 0.2) is 12.4 Å². The van der Waals surface area contributed by atoms with Crippen LogP contribution in [0.1, 0.15) is 64.4 Å². The molecule has 0 aliphatic rings. The summed E-state index contributed by atoms with van der Waals surface area (Å²) in [6.45, 7) is 5.63. The highest BCUT2D eigenvalue weighted by molar-refractivity contribution is 5.05. The Morgan fingerprint density at radius 2 is 1.95 bits per heavy atom. The molecule has 0 spiro atoms. The van der Waals surface area contributed by atoms with Crippen molar-refractivity contribution in [2.45, 2.75) is 71.3 Å². The number of nitrogens with zero attached hydrogens (tertiary/aromatic N) is 2. The van der Waals surface area contributed by atoms with Crippen molar-refractivity contribution < 1.29 is 0 Å². The largest absolute Gasteiger partial charge is 0.314 e. The van der Waals surface area contributed by atoms with E-state index in [1.54, 1.807) is 0 Å². The first kappa shape index (κ1) is 16.2. The van der Waals surface area contributed by atoms with Gasteiger partial charge in [0.2, 0.25) is 0 Å². The molecule has 1 rings (SSSR count). The van der Waals surface area contributed by atoms with Crippen LogP contribution >= 0.6 is 0 Å². The minimum Gasteiger partial charge on any atom is -0.314 e. The number of nitrogens with one attached hydrogen (secondary N) is 1. The second kappa shape index (κ2) is 10.0. The van der Waals surface area contributed by atoms with Crippen LogP contribution in [0.5, 0.6) is 0 Å². The molecule has 1 aromatic rings. The van der Waals surface area contributed by atoms with E-state index in [1.807, 2.05) is 17.9 Å². The van der Waals surface area contributed by atoms with Gasteiger partial charge in [-0.15, -0.1) is 0 Å². The van der Waals surface area contributed by atoms with Crippen LogP contribution in [-0.4, -0.2) is 22.4 Å². The Balaban J connectivity index is 2.29. The Labute approximate surface area is 118 Å². The number of unbranched alkanes of at least 4 members (excludes halogenated alkanes) is 4. The SMILES string of the molecule is CCCCCCCC(Cc1cnn(C)c1)NCCC. The van der Waals surface area contributed by atoms with E-state index in [0.717, 1.165) is 13.0 Å². The first-order valence-corrected chi connectivity index (χ1v) is 7.97. The van der Waals surface area contributed by atoms with E-state index in [4.69, 9.17) is 0 Å². The molecule has 1 unspecified atom stereocenters. The summed E-state index contributed by atoms with van der Waals surface area (Å²) in [6.07, 6.45) is 14.6. The van der Waals surface area contributed by atoms with Gasteiger partial charge in [-0.2, -0.15) is 5.10 Å². The first-order valence-electron chi connectivity index (χ1n) is 7.97. The third-order valence-electron chi connectivity index (χ3n) is 3.58. The summed E-state index contributed by atoms with van der Waals surface area (Å²) < 4.78 is 1.90. The third-order valence-corrected chi connectivity index (χ3v) is 3.58. The second-order valence-corrected chi connectivity index (χ2v) is 5.58. The molecule has 1 N–H and O–H groups in total. The second-order valence-electron chi connectivity index (χ2n) is 5.58. The Morgan fingerprint density at radius 3 is 2.58 bits per heavy atom. The van der Waals surface area contributed by atoms with Gasteiger partial charge in [0.15, 0.2) is 0 Å². The van der Waals surface area contributed by atoms with Crippen molar-refractivity contribution in [1.29, 1.82) is 0 Å². The molecule has 1 aromatic heterocycles. The highest BCUT2D eigenvalue weighted by atomic mass is 15.2. The molecule has 0 radical (unpaired) electrons. The van der Waals surface area contributed by atoms with E-state index in [2.05, 4.69) is 30.5 Å². The van der Waals surface area contributed by atoms with Crippen LogP contribution in [0.25, 0.3) is 0 Å². The van der Waals surface area contributed by atoms with Crippen molar-refractivity contribution in [3.05, 3.63) is 18.0 Å². The Hall–Kier alpha value is -0.830. The van der Waals surface area contributed by atoms with Gasteiger partial charge in [0.05, 0.1) is 6.20 Å². The van der Waals surface area contributed by atoms with E-state index in [-0.39, 0.29) is 0 Å². The van der Waals surface area contributed by atoms with Crippen molar-refractivity contribution in [3.8, 4) is 0 Å². The average Bonchev–Trinajstić information content (AvgIpc) is 2.81. The van der Waals surface area contributed by atoms with Crippen LogP contribution in [0.4, 0.5) is 0 Å². The van der Waals surface area contributed by atoms with E-state index in [0.29, 0.717) is 6.04 Å². The van der Waals surface area contributed by atoms with Gasteiger partial charge in [-0.25, -0.2) is 0 Å². The summed E-state index contributed by atoms with van der Waals surface area (Å²) in [5.74, 6) is 0.